The van der Waals surface area contributed by atoms with E-state index in [9.17, 15) is 9.90 Å². The number of hydrogen-bond acceptors (Lipinski definition) is 4. The number of nitrogens with one attached hydrogen (secondary N) is 1. The van der Waals surface area contributed by atoms with Gasteiger partial charge in [-0.3, -0.25) is 9.69 Å². The van der Waals surface area contributed by atoms with Gasteiger partial charge in [-0.2, -0.15) is 0 Å². The fourth-order valence-corrected chi connectivity index (χ4v) is 2.95. The Labute approximate surface area is 153 Å². The summed E-state index contributed by atoms with van der Waals surface area (Å²) in [5.74, 6) is 0.000792. The van der Waals surface area contributed by atoms with Gasteiger partial charge in [0.25, 0.3) is 5.91 Å². The Morgan fingerprint density at radius 3 is 2.73 bits per heavy atom. The Bertz CT molecular complexity index is 774. The first-order valence-corrected chi connectivity index (χ1v) is 8.94. The summed E-state index contributed by atoms with van der Waals surface area (Å²) in [5, 5.41) is 13.0. The van der Waals surface area contributed by atoms with Crippen molar-refractivity contribution < 1.29 is 14.6 Å². The number of unbranched alkanes of at least 4 members (excludes halogenated alkanes) is 1. The van der Waals surface area contributed by atoms with Crippen LogP contribution < -0.4 is 15.0 Å². The van der Waals surface area contributed by atoms with Crippen molar-refractivity contribution in [2.45, 2.75) is 39.0 Å². The smallest absolute Gasteiger partial charge is 0.296 e. The van der Waals surface area contributed by atoms with Crippen LogP contribution in [0.4, 0.5) is 5.69 Å². The topological polar surface area (TPSA) is 61.8 Å². The maximum Gasteiger partial charge on any atom is 0.296 e. The first-order chi connectivity index (χ1) is 12.7. The van der Waals surface area contributed by atoms with Crippen LogP contribution in [0, 0.1) is 0 Å². The highest BCUT2D eigenvalue weighted by Crippen LogP contribution is 2.27. The molecule has 0 aromatic heterocycles. The standard InChI is InChI=1S/C21H24N2O3/c1-2-3-12-20-22-14-19(24)21(25)23(20)17-10-7-11-18(13-17)26-15-16-8-5-4-6-9-16/h4-11,13-14,20,22,24H,2-3,12,15H2,1H3. The van der Waals surface area contributed by atoms with E-state index in [2.05, 4.69) is 12.2 Å². The molecule has 5 heteroatoms. The summed E-state index contributed by atoms with van der Waals surface area (Å²) in [6.45, 7) is 2.57. The second-order valence-electron chi connectivity index (χ2n) is 6.30. The van der Waals surface area contributed by atoms with Crippen molar-refractivity contribution in [2.75, 3.05) is 4.90 Å². The van der Waals surface area contributed by atoms with Crippen molar-refractivity contribution in [3.8, 4) is 5.75 Å². The molecule has 2 aromatic carbocycles. The zero-order valence-corrected chi connectivity index (χ0v) is 14.9. The van der Waals surface area contributed by atoms with Crippen molar-refractivity contribution >= 4 is 11.6 Å². The first kappa shape index (κ1) is 17.9. The Morgan fingerprint density at radius 1 is 1.15 bits per heavy atom. The predicted octanol–water partition coefficient (Wildman–Crippen LogP) is 4.12. The van der Waals surface area contributed by atoms with Gasteiger partial charge in [0.15, 0.2) is 5.76 Å². The number of carbonyl (C=O) groups excluding carboxylic acids is 1. The number of benzene rings is 2. The van der Waals surface area contributed by atoms with Crippen molar-refractivity contribution in [1.29, 1.82) is 0 Å². The molecule has 0 saturated carbocycles. The number of rotatable bonds is 7. The lowest BCUT2D eigenvalue weighted by Crippen LogP contribution is -2.51. The molecule has 1 amide bonds. The number of amides is 1. The minimum absolute atomic E-state index is 0.178. The van der Waals surface area contributed by atoms with E-state index in [0.717, 1.165) is 24.8 Å². The van der Waals surface area contributed by atoms with E-state index in [4.69, 9.17) is 4.74 Å². The molecule has 26 heavy (non-hydrogen) atoms. The molecule has 1 aliphatic heterocycles. The van der Waals surface area contributed by atoms with Crippen molar-refractivity contribution in [3.63, 3.8) is 0 Å². The summed E-state index contributed by atoms with van der Waals surface area (Å²) >= 11 is 0. The van der Waals surface area contributed by atoms with Gasteiger partial charge in [0.2, 0.25) is 0 Å². The third-order valence-electron chi connectivity index (χ3n) is 4.34. The lowest BCUT2D eigenvalue weighted by atomic mass is 10.1. The van der Waals surface area contributed by atoms with E-state index in [-0.39, 0.29) is 11.9 Å². The molecule has 136 valence electrons. The zero-order valence-electron chi connectivity index (χ0n) is 14.9. The average molecular weight is 352 g/mol. The van der Waals surface area contributed by atoms with E-state index >= 15 is 0 Å². The molecule has 1 aliphatic rings. The number of hydrogen-bond donors (Lipinski definition) is 2. The van der Waals surface area contributed by atoms with Gasteiger partial charge in [0.05, 0.1) is 0 Å². The van der Waals surface area contributed by atoms with Crippen LogP contribution in [0.25, 0.3) is 0 Å². The molecule has 0 saturated heterocycles. The van der Waals surface area contributed by atoms with Crippen LogP contribution in [-0.4, -0.2) is 17.2 Å². The second kappa shape index (κ2) is 8.43. The number of aliphatic hydroxyl groups excluding tert-OH is 1. The molecule has 0 spiro atoms. The largest absolute Gasteiger partial charge is 0.502 e. The lowest BCUT2D eigenvalue weighted by Gasteiger charge is -2.35. The highest BCUT2D eigenvalue weighted by atomic mass is 16.5. The van der Waals surface area contributed by atoms with Crippen LogP contribution in [0.5, 0.6) is 5.75 Å². The number of anilines is 1. The van der Waals surface area contributed by atoms with Gasteiger partial charge in [-0.1, -0.05) is 49.7 Å². The maximum atomic E-state index is 12.5. The van der Waals surface area contributed by atoms with Crippen molar-refractivity contribution in [2.24, 2.45) is 0 Å². The van der Waals surface area contributed by atoms with Crippen molar-refractivity contribution in [1.82, 2.24) is 5.32 Å². The van der Waals surface area contributed by atoms with Gasteiger partial charge in [-0.25, -0.2) is 0 Å². The minimum atomic E-state index is -0.398. The molecule has 2 aromatic rings. The summed E-state index contributed by atoms with van der Waals surface area (Å²) in [4.78, 5) is 14.1. The molecule has 0 radical (unpaired) electrons. The van der Waals surface area contributed by atoms with Crippen LogP contribution in [0.1, 0.15) is 31.7 Å². The summed E-state index contributed by atoms with van der Waals surface area (Å²) in [6, 6.07) is 17.3. The second-order valence-corrected chi connectivity index (χ2v) is 6.30. The molecule has 1 heterocycles. The number of ether oxygens (including phenoxy) is 1. The number of carbonyl (C=O) groups is 1. The molecule has 0 fully saturated rings. The van der Waals surface area contributed by atoms with E-state index < -0.39 is 5.91 Å². The zero-order chi connectivity index (χ0) is 18.4. The molecule has 1 unspecified atom stereocenters. The molecule has 0 bridgehead atoms. The highest BCUT2D eigenvalue weighted by molar-refractivity contribution is 6.05. The summed E-state index contributed by atoms with van der Waals surface area (Å²) in [5.41, 5.74) is 1.78. The Morgan fingerprint density at radius 2 is 1.96 bits per heavy atom. The Balaban J connectivity index is 1.78. The van der Waals surface area contributed by atoms with E-state index in [0.29, 0.717) is 18.0 Å². The van der Waals surface area contributed by atoms with Crippen LogP contribution in [0.15, 0.2) is 66.6 Å². The quantitative estimate of drug-likeness (QED) is 0.787. The van der Waals surface area contributed by atoms with Gasteiger partial charge in [0, 0.05) is 18.0 Å². The van der Waals surface area contributed by atoms with E-state index in [1.54, 1.807) is 4.90 Å². The predicted molar refractivity (Wildman–Crippen MR) is 102 cm³/mol. The van der Waals surface area contributed by atoms with Gasteiger partial charge < -0.3 is 15.2 Å². The average Bonchev–Trinajstić information content (AvgIpc) is 2.68. The maximum absolute atomic E-state index is 12.5. The monoisotopic (exact) mass is 352 g/mol. The summed E-state index contributed by atoms with van der Waals surface area (Å²) in [6.07, 6.45) is 4.04. The van der Waals surface area contributed by atoms with Crippen molar-refractivity contribution in [3.05, 3.63) is 72.1 Å². The Hall–Kier alpha value is -2.95. The number of aliphatic hydroxyl groups is 1. The molecular formula is C21H24N2O3. The third kappa shape index (κ3) is 4.17. The molecule has 0 aliphatic carbocycles. The van der Waals surface area contributed by atoms with Gasteiger partial charge in [0.1, 0.15) is 18.5 Å². The summed E-state index contributed by atoms with van der Waals surface area (Å²) < 4.78 is 5.87. The molecule has 1 atom stereocenters. The van der Waals surface area contributed by atoms with Crippen LogP contribution in [0.2, 0.25) is 0 Å². The fourth-order valence-electron chi connectivity index (χ4n) is 2.95. The van der Waals surface area contributed by atoms with E-state index in [1.165, 1.54) is 6.20 Å². The molecule has 3 rings (SSSR count). The molecular weight excluding hydrogens is 328 g/mol. The third-order valence-corrected chi connectivity index (χ3v) is 4.34. The summed E-state index contributed by atoms with van der Waals surface area (Å²) in [7, 11) is 0. The molecule has 2 N–H and O–H groups in total. The highest BCUT2D eigenvalue weighted by Gasteiger charge is 2.30. The molecule has 5 nitrogen and oxygen atoms in total. The van der Waals surface area contributed by atoms with Gasteiger partial charge in [-0.15, -0.1) is 0 Å². The lowest BCUT2D eigenvalue weighted by molar-refractivity contribution is -0.118. The van der Waals surface area contributed by atoms with Gasteiger partial charge >= 0.3 is 0 Å². The first-order valence-electron chi connectivity index (χ1n) is 8.94. The number of nitrogens with zero attached hydrogens (tertiary/aromatic N) is 1. The minimum Gasteiger partial charge on any atom is -0.502 e. The van der Waals surface area contributed by atoms with Crippen LogP contribution in [-0.2, 0) is 11.4 Å². The normalized spacial score (nSPS) is 16.8. The van der Waals surface area contributed by atoms with Crippen LogP contribution >= 0.6 is 0 Å². The van der Waals surface area contributed by atoms with Gasteiger partial charge in [-0.05, 0) is 30.5 Å². The van der Waals surface area contributed by atoms with Crippen LogP contribution in [0.3, 0.4) is 0 Å². The fraction of sp³-hybridized carbons (Fsp3) is 0.286. The SMILES string of the molecule is CCCCC1NC=C(O)C(=O)N1c1cccc(OCc2ccccc2)c1. The Kier molecular flexibility index (Phi) is 5.79. The van der Waals surface area contributed by atoms with E-state index in [1.807, 2.05) is 54.6 Å².